The van der Waals surface area contributed by atoms with Gasteiger partial charge in [-0.3, -0.25) is 4.90 Å². The summed E-state index contributed by atoms with van der Waals surface area (Å²) in [7, 11) is 0. The average Bonchev–Trinajstić information content (AvgIpc) is 3.00. The van der Waals surface area contributed by atoms with Crippen molar-refractivity contribution in [3.05, 3.63) is 42.6 Å². The van der Waals surface area contributed by atoms with Crippen LogP contribution in [0.1, 0.15) is 18.4 Å². The summed E-state index contributed by atoms with van der Waals surface area (Å²) in [5.74, 6) is 0. The highest BCUT2D eigenvalue weighted by Gasteiger charge is 2.24. The first-order valence-corrected chi connectivity index (χ1v) is 6.99. The van der Waals surface area contributed by atoms with Crippen molar-refractivity contribution < 1.29 is 0 Å². The Kier molecular flexibility index (Phi) is 3.30. The average molecular weight is 255 g/mol. The maximum atomic E-state index is 6.12. The number of H-pyrrole nitrogens is 1. The Bertz CT molecular complexity index is 585. The van der Waals surface area contributed by atoms with Crippen LogP contribution in [-0.4, -0.2) is 29.0 Å². The van der Waals surface area contributed by atoms with Crippen LogP contribution >= 0.6 is 0 Å². The largest absolute Gasteiger partial charge is 0.398 e. The van der Waals surface area contributed by atoms with Gasteiger partial charge in [0, 0.05) is 35.4 Å². The molecule has 1 fully saturated rings. The van der Waals surface area contributed by atoms with Gasteiger partial charge in [-0.25, -0.2) is 0 Å². The topological polar surface area (TPSA) is 45.0 Å². The monoisotopic (exact) mass is 255 g/mol. The molecule has 0 bridgehead atoms. The summed E-state index contributed by atoms with van der Waals surface area (Å²) in [6.45, 7) is 6.03. The summed E-state index contributed by atoms with van der Waals surface area (Å²) in [4.78, 5) is 5.85. The van der Waals surface area contributed by atoms with E-state index in [1.807, 2.05) is 18.2 Å². The van der Waals surface area contributed by atoms with E-state index in [0.29, 0.717) is 6.04 Å². The maximum absolute atomic E-state index is 6.12. The molecular formula is C16H21N3. The number of benzene rings is 1. The smallest absolute Gasteiger partial charge is 0.0477 e. The molecule has 0 spiro atoms. The second kappa shape index (κ2) is 5.10. The lowest BCUT2D eigenvalue weighted by Gasteiger charge is -2.22. The molecular weight excluding hydrogens is 234 g/mol. The molecule has 1 aliphatic heterocycles. The molecule has 3 heteroatoms. The summed E-state index contributed by atoms with van der Waals surface area (Å²) in [5, 5.41) is 1.20. The minimum atomic E-state index is 0.622. The summed E-state index contributed by atoms with van der Waals surface area (Å²) in [6.07, 6.45) is 7.75. The van der Waals surface area contributed by atoms with Gasteiger partial charge in [0.2, 0.25) is 0 Å². The van der Waals surface area contributed by atoms with Crippen molar-refractivity contribution in [2.24, 2.45) is 0 Å². The number of aromatic amines is 1. The van der Waals surface area contributed by atoms with Crippen LogP contribution in [-0.2, 0) is 6.42 Å². The molecule has 3 rings (SSSR count). The van der Waals surface area contributed by atoms with Crippen molar-refractivity contribution in [3.63, 3.8) is 0 Å². The molecule has 0 amide bonds. The Labute approximate surface area is 114 Å². The van der Waals surface area contributed by atoms with Gasteiger partial charge in [-0.1, -0.05) is 12.1 Å². The number of likely N-dealkylation sites (tertiary alicyclic amines) is 1. The van der Waals surface area contributed by atoms with Crippen molar-refractivity contribution in [3.8, 4) is 0 Å². The van der Waals surface area contributed by atoms with Crippen LogP contribution < -0.4 is 5.73 Å². The number of nitrogens with two attached hydrogens (primary N) is 1. The molecule has 0 radical (unpaired) electrons. The fourth-order valence-corrected chi connectivity index (χ4v) is 3.23. The summed E-state index contributed by atoms with van der Waals surface area (Å²) in [6, 6.07) is 6.69. The summed E-state index contributed by atoms with van der Waals surface area (Å²) >= 11 is 0. The van der Waals surface area contributed by atoms with Crippen LogP contribution in [0.25, 0.3) is 10.9 Å². The van der Waals surface area contributed by atoms with Crippen LogP contribution in [0.15, 0.2) is 37.1 Å². The summed E-state index contributed by atoms with van der Waals surface area (Å²) < 4.78 is 0. The lowest BCUT2D eigenvalue weighted by Crippen LogP contribution is -2.31. The Morgan fingerprint density at radius 3 is 3.21 bits per heavy atom. The van der Waals surface area contributed by atoms with Crippen LogP contribution in [0.3, 0.4) is 0 Å². The van der Waals surface area contributed by atoms with E-state index in [9.17, 15) is 0 Å². The number of hydrogen-bond donors (Lipinski definition) is 2. The summed E-state index contributed by atoms with van der Waals surface area (Å²) in [5.41, 5.74) is 9.48. The fraction of sp³-hybridized carbons (Fsp3) is 0.375. The molecule has 1 aliphatic rings. The van der Waals surface area contributed by atoms with Gasteiger partial charge in [-0.05, 0) is 43.5 Å². The minimum Gasteiger partial charge on any atom is -0.398 e. The third-order valence-electron chi connectivity index (χ3n) is 4.14. The molecule has 0 saturated carbocycles. The third kappa shape index (κ3) is 2.26. The van der Waals surface area contributed by atoms with Crippen molar-refractivity contribution in [2.45, 2.75) is 25.3 Å². The highest BCUT2D eigenvalue weighted by Crippen LogP contribution is 2.28. The first-order chi connectivity index (χ1) is 9.29. The number of nitrogens with one attached hydrogen (secondary N) is 1. The molecule has 2 aromatic rings. The first-order valence-electron chi connectivity index (χ1n) is 6.99. The van der Waals surface area contributed by atoms with Crippen LogP contribution in [0.2, 0.25) is 0 Å². The first kappa shape index (κ1) is 12.3. The van der Waals surface area contributed by atoms with Crippen LogP contribution in [0, 0.1) is 0 Å². The maximum Gasteiger partial charge on any atom is 0.0477 e. The zero-order chi connectivity index (χ0) is 13.2. The van der Waals surface area contributed by atoms with Gasteiger partial charge < -0.3 is 10.7 Å². The van der Waals surface area contributed by atoms with Gasteiger partial charge >= 0.3 is 0 Å². The van der Waals surface area contributed by atoms with E-state index in [1.54, 1.807) is 0 Å². The number of nitrogens with zero attached hydrogens (tertiary/aromatic N) is 1. The van der Waals surface area contributed by atoms with E-state index in [1.165, 1.54) is 30.3 Å². The number of anilines is 1. The molecule has 3 N–H and O–H groups in total. The molecule has 2 heterocycles. The normalized spacial score (nSPS) is 20.1. The van der Waals surface area contributed by atoms with Crippen molar-refractivity contribution >= 4 is 16.6 Å². The van der Waals surface area contributed by atoms with E-state index >= 15 is 0 Å². The molecule has 1 atom stereocenters. The van der Waals surface area contributed by atoms with Crippen molar-refractivity contribution in [1.82, 2.24) is 9.88 Å². The molecule has 1 aromatic heterocycles. The zero-order valence-electron chi connectivity index (χ0n) is 11.2. The lowest BCUT2D eigenvalue weighted by molar-refractivity contribution is 0.280. The SMILES string of the molecule is C=CCN1CCC[C@@H]1Cc1c[nH]c2cccc(N)c12. The van der Waals surface area contributed by atoms with Crippen molar-refractivity contribution in [2.75, 3.05) is 18.8 Å². The van der Waals surface area contributed by atoms with Gasteiger partial charge in [-0.2, -0.15) is 0 Å². The number of rotatable bonds is 4. The van der Waals surface area contributed by atoms with Gasteiger partial charge in [-0.15, -0.1) is 6.58 Å². The molecule has 0 aliphatic carbocycles. The minimum absolute atomic E-state index is 0.622. The van der Waals surface area contributed by atoms with Crippen LogP contribution in [0.5, 0.6) is 0 Å². The second-order valence-corrected chi connectivity index (χ2v) is 5.37. The number of hydrogen-bond acceptors (Lipinski definition) is 2. The number of fused-ring (bicyclic) bond motifs is 1. The fourth-order valence-electron chi connectivity index (χ4n) is 3.23. The van der Waals surface area contributed by atoms with Gasteiger partial charge in [0.1, 0.15) is 0 Å². The van der Waals surface area contributed by atoms with Crippen molar-refractivity contribution in [1.29, 1.82) is 0 Å². The predicted octanol–water partition coefficient (Wildman–Crippen LogP) is 2.94. The molecule has 1 aromatic carbocycles. The van der Waals surface area contributed by atoms with E-state index in [4.69, 9.17) is 5.73 Å². The molecule has 19 heavy (non-hydrogen) atoms. The van der Waals surface area contributed by atoms with E-state index in [-0.39, 0.29) is 0 Å². The van der Waals surface area contributed by atoms with E-state index in [2.05, 4.69) is 28.7 Å². The zero-order valence-corrected chi connectivity index (χ0v) is 11.2. The molecule has 3 nitrogen and oxygen atoms in total. The second-order valence-electron chi connectivity index (χ2n) is 5.37. The van der Waals surface area contributed by atoms with Gasteiger partial charge in [0.15, 0.2) is 0 Å². The standard InChI is InChI=1S/C16H21N3/c1-2-8-19-9-4-5-13(19)10-12-11-18-15-7-3-6-14(17)16(12)15/h2-3,6-7,11,13,18H,1,4-5,8-10,17H2/t13-/m1/s1. The predicted molar refractivity (Wildman–Crippen MR) is 81.2 cm³/mol. The quantitative estimate of drug-likeness (QED) is 0.651. The molecule has 0 unspecified atom stereocenters. The molecule has 100 valence electrons. The number of aromatic nitrogens is 1. The Balaban J connectivity index is 1.87. The Hall–Kier alpha value is -1.74. The Morgan fingerprint density at radius 2 is 2.37 bits per heavy atom. The number of nitrogen functional groups attached to an aromatic ring is 1. The lowest BCUT2D eigenvalue weighted by atomic mass is 10.0. The highest BCUT2D eigenvalue weighted by atomic mass is 15.2. The Morgan fingerprint density at radius 1 is 1.47 bits per heavy atom. The van der Waals surface area contributed by atoms with E-state index in [0.717, 1.165) is 24.2 Å². The van der Waals surface area contributed by atoms with Gasteiger partial charge in [0.05, 0.1) is 0 Å². The van der Waals surface area contributed by atoms with Gasteiger partial charge in [0.25, 0.3) is 0 Å². The third-order valence-corrected chi connectivity index (χ3v) is 4.14. The highest BCUT2D eigenvalue weighted by molar-refractivity contribution is 5.93. The van der Waals surface area contributed by atoms with Crippen LogP contribution in [0.4, 0.5) is 5.69 Å². The van der Waals surface area contributed by atoms with E-state index < -0.39 is 0 Å². The molecule has 1 saturated heterocycles.